The molecule has 0 saturated carbocycles. The van der Waals surface area contributed by atoms with Crippen LogP contribution in [0.2, 0.25) is 5.02 Å². The second-order valence-corrected chi connectivity index (χ2v) is 4.43. The van der Waals surface area contributed by atoms with Crippen LogP contribution >= 0.6 is 11.6 Å². The maximum absolute atomic E-state index is 10.7. The third-order valence-corrected chi connectivity index (χ3v) is 2.91. The first-order valence-corrected chi connectivity index (χ1v) is 6.03. The number of halogens is 1. The molecule has 104 valence electrons. The van der Waals surface area contributed by atoms with Crippen LogP contribution in [0.15, 0.2) is 36.4 Å². The number of benzene rings is 2. The maximum atomic E-state index is 10.7. The Labute approximate surface area is 120 Å². The van der Waals surface area contributed by atoms with Gasteiger partial charge >= 0.3 is 0 Å². The minimum Gasteiger partial charge on any atom is -0.495 e. The van der Waals surface area contributed by atoms with Gasteiger partial charge in [0.2, 0.25) is 0 Å². The molecule has 0 atom stereocenters. The van der Waals surface area contributed by atoms with Gasteiger partial charge in [0.15, 0.2) is 0 Å². The van der Waals surface area contributed by atoms with Crippen molar-refractivity contribution in [2.45, 2.75) is 0 Å². The number of non-ortho nitro benzene ring substituents is 1. The number of nitrogens with two attached hydrogens (primary N) is 1. The number of hydrogen-bond acceptors (Lipinski definition) is 5. The molecule has 0 aliphatic carbocycles. The molecule has 0 radical (unpaired) electrons. The van der Waals surface area contributed by atoms with Gasteiger partial charge in [0.1, 0.15) is 5.75 Å². The largest absolute Gasteiger partial charge is 0.495 e. The highest BCUT2D eigenvalue weighted by atomic mass is 35.5. The van der Waals surface area contributed by atoms with E-state index in [0.29, 0.717) is 22.1 Å². The Morgan fingerprint density at radius 3 is 2.60 bits per heavy atom. The highest BCUT2D eigenvalue weighted by Gasteiger charge is 2.10. The molecule has 0 fully saturated rings. The summed E-state index contributed by atoms with van der Waals surface area (Å²) in [5.41, 5.74) is 7.16. The molecule has 2 rings (SSSR count). The van der Waals surface area contributed by atoms with Gasteiger partial charge in [0.25, 0.3) is 5.69 Å². The molecule has 0 amide bonds. The first kappa shape index (κ1) is 14.0. The number of ether oxygens (including phenoxy) is 1. The molecule has 3 N–H and O–H groups in total. The number of nitrogens with zero attached hydrogens (tertiary/aromatic N) is 1. The summed E-state index contributed by atoms with van der Waals surface area (Å²) in [4.78, 5) is 10.2. The Bertz CT molecular complexity index is 661. The lowest BCUT2D eigenvalue weighted by Crippen LogP contribution is -1.99. The zero-order valence-corrected chi connectivity index (χ0v) is 11.3. The molecule has 0 heterocycles. The van der Waals surface area contributed by atoms with E-state index >= 15 is 0 Å². The third kappa shape index (κ3) is 2.92. The molecule has 0 aliphatic heterocycles. The number of nitro groups is 1. The lowest BCUT2D eigenvalue weighted by molar-refractivity contribution is -0.384. The van der Waals surface area contributed by atoms with Crippen LogP contribution in [0.4, 0.5) is 22.7 Å². The molecule has 2 aromatic carbocycles. The summed E-state index contributed by atoms with van der Waals surface area (Å²) in [6, 6.07) is 9.29. The van der Waals surface area contributed by atoms with Crippen LogP contribution < -0.4 is 15.8 Å². The lowest BCUT2D eigenvalue weighted by Gasteiger charge is -2.13. The molecule has 0 saturated heterocycles. The van der Waals surface area contributed by atoms with Crippen molar-refractivity contribution in [1.29, 1.82) is 0 Å². The van der Waals surface area contributed by atoms with Crippen LogP contribution in [0, 0.1) is 10.1 Å². The van der Waals surface area contributed by atoms with Crippen molar-refractivity contribution in [3.8, 4) is 5.75 Å². The van der Waals surface area contributed by atoms with Gasteiger partial charge in [-0.15, -0.1) is 0 Å². The predicted octanol–water partition coefficient (Wildman–Crippen LogP) is 3.58. The van der Waals surface area contributed by atoms with Crippen LogP contribution in [-0.4, -0.2) is 12.0 Å². The Balaban J connectivity index is 2.35. The van der Waals surface area contributed by atoms with Gasteiger partial charge in [0, 0.05) is 17.2 Å². The molecule has 0 spiro atoms. The maximum Gasteiger partial charge on any atom is 0.271 e. The molecular weight excluding hydrogens is 282 g/mol. The summed E-state index contributed by atoms with van der Waals surface area (Å²) in [6.07, 6.45) is 0. The second kappa shape index (κ2) is 5.66. The number of nitrogen functional groups attached to an aromatic ring is 1. The molecule has 6 nitrogen and oxygen atoms in total. The zero-order valence-electron chi connectivity index (χ0n) is 10.6. The lowest BCUT2D eigenvalue weighted by atomic mass is 10.2. The van der Waals surface area contributed by atoms with Gasteiger partial charge in [0.05, 0.1) is 29.1 Å². The van der Waals surface area contributed by atoms with Crippen molar-refractivity contribution in [2.75, 3.05) is 18.2 Å². The molecule has 7 heteroatoms. The van der Waals surface area contributed by atoms with E-state index < -0.39 is 4.92 Å². The topological polar surface area (TPSA) is 90.4 Å². The average Bonchev–Trinajstić information content (AvgIpc) is 2.41. The van der Waals surface area contributed by atoms with Crippen LogP contribution in [-0.2, 0) is 0 Å². The molecule has 0 aliphatic rings. The summed E-state index contributed by atoms with van der Waals surface area (Å²) >= 11 is 5.93. The molecule has 2 aromatic rings. The van der Waals surface area contributed by atoms with Crippen molar-refractivity contribution in [1.82, 2.24) is 0 Å². The number of anilines is 3. The fraction of sp³-hybridized carbons (Fsp3) is 0.0769. The zero-order chi connectivity index (χ0) is 14.7. The van der Waals surface area contributed by atoms with Crippen LogP contribution in [0.3, 0.4) is 0 Å². The quantitative estimate of drug-likeness (QED) is 0.511. The van der Waals surface area contributed by atoms with Gasteiger partial charge in [-0.3, -0.25) is 10.1 Å². The summed E-state index contributed by atoms with van der Waals surface area (Å²) in [7, 11) is 1.54. The minimum atomic E-state index is -0.500. The van der Waals surface area contributed by atoms with E-state index in [1.54, 1.807) is 18.2 Å². The van der Waals surface area contributed by atoms with Crippen LogP contribution in [0.25, 0.3) is 0 Å². The summed E-state index contributed by atoms with van der Waals surface area (Å²) < 4.78 is 5.20. The van der Waals surface area contributed by atoms with E-state index in [0.717, 1.165) is 0 Å². The summed E-state index contributed by atoms with van der Waals surface area (Å²) in [6.45, 7) is 0. The Kier molecular flexibility index (Phi) is 3.95. The van der Waals surface area contributed by atoms with E-state index in [-0.39, 0.29) is 11.4 Å². The minimum absolute atomic E-state index is 0.0638. The number of methoxy groups -OCH3 is 1. The van der Waals surface area contributed by atoms with Gasteiger partial charge < -0.3 is 15.8 Å². The van der Waals surface area contributed by atoms with Gasteiger partial charge in [-0.05, 0) is 24.3 Å². The van der Waals surface area contributed by atoms with Gasteiger partial charge in [-0.25, -0.2) is 0 Å². The monoisotopic (exact) mass is 293 g/mol. The van der Waals surface area contributed by atoms with Crippen LogP contribution in [0.1, 0.15) is 0 Å². The Morgan fingerprint density at radius 2 is 2.00 bits per heavy atom. The molecule has 20 heavy (non-hydrogen) atoms. The normalized spacial score (nSPS) is 10.1. The van der Waals surface area contributed by atoms with E-state index in [4.69, 9.17) is 22.1 Å². The van der Waals surface area contributed by atoms with E-state index in [1.165, 1.54) is 25.3 Å². The number of nitro benzene ring substituents is 1. The van der Waals surface area contributed by atoms with Crippen molar-refractivity contribution in [2.24, 2.45) is 0 Å². The Morgan fingerprint density at radius 1 is 1.25 bits per heavy atom. The molecule has 0 bridgehead atoms. The Hall–Kier alpha value is -2.47. The van der Waals surface area contributed by atoms with Crippen LogP contribution in [0.5, 0.6) is 5.75 Å². The highest BCUT2D eigenvalue weighted by molar-refractivity contribution is 6.31. The van der Waals surface area contributed by atoms with Gasteiger partial charge in [-0.2, -0.15) is 0 Å². The highest BCUT2D eigenvalue weighted by Crippen LogP contribution is 2.33. The predicted molar refractivity (Wildman–Crippen MR) is 78.8 cm³/mol. The molecule has 0 aromatic heterocycles. The number of nitrogens with one attached hydrogen (secondary N) is 1. The standard InChI is InChI=1S/C13H12ClN3O3/c1-20-13-5-2-8(14)6-12(13)16-11-4-3-9(17(18)19)7-10(11)15/h2-7,16H,15H2,1H3. The average molecular weight is 294 g/mol. The second-order valence-electron chi connectivity index (χ2n) is 4.00. The SMILES string of the molecule is COc1ccc(Cl)cc1Nc1ccc([N+](=O)[O-])cc1N. The van der Waals surface area contributed by atoms with E-state index in [2.05, 4.69) is 5.32 Å². The summed E-state index contributed by atoms with van der Waals surface area (Å²) in [5.74, 6) is 0.590. The van der Waals surface area contributed by atoms with Crippen molar-refractivity contribution in [3.63, 3.8) is 0 Å². The summed E-state index contributed by atoms with van der Waals surface area (Å²) in [5, 5.41) is 14.2. The number of hydrogen-bond donors (Lipinski definition) is 2. The van der Waals surface area contributed by atoms with Crippen molar-refractivity contribution >= 4 is 34.4 Å². The van der Waals surface area contributed by atoms with Gasteiger partial charge in [-0.1, -0.05) is 11.6 Å². The van der Waals surface area contributed by atoms with E-state index in [1.807, 2.05) is 0 Å². The molecular formula is C13H12ClN3O3. The smallest absolute Gasteiger partial charge is 0.271 e. The first-order chi connectivity index (χ1) is 9.51. The number of rotatable bonds is 4. The van der Waals surface area contributed by atoms with Crippen molar-refractivity contribution in [3.05, 3.63) is 51.5 Å². The van der Waals surface area contributed by atoms with Crippen molar-refractivity contribution < 1.29 is 9.66 Å². The first-order valence-electron chi connectivity index (χ1n) is 5.65. The molecule has 0 unspecified atom stereocenters. The fourth-order valence-electron chi connectivity index (χ4n) is 1.70. The third-order valence-electron chi connectivity index (χ3n) is 2.68. The van der Waals surface area contributed by atoms with E-state index in [9.17, 15) is 10.1 Å². The fourth-order valence-corrected chi connectivity index (χ4v) is 1.87.